The maximum atomic E-state index is 8.46. The Bertz CT molecular complexity index is 617. The Morgan fingerprint density at radius 3 is 2.65 bits per heavy atom. The Morgan fingerprint density at radius 1 is 1.20 bits per heavy atom. The first-order valence-electron chi connectivity index (χ1n) is 6.29. The van der Waals surface area contributed by atoms with Crippen LogP contribution in [0.15, 0.2) is 55.2 Å². The van der Waals surface area contributed by atoms with Crippen LogP contribution in [0.25, 0.3) is 11.4 Å². The van der Waals surface area contributed by atoms with E-state index >= 15 is 0 Å². The lowest BCUT2D eigenvalue weighted by Gasteiger charge is -1.93. The van der Waals surface area contributed by atoms with E-state index in [-0.39, 0.29) is 0 Å². The molecule has 0 spiro atoms. The molecule has 100 valence electrons. The van der Waals surface area contributed by atoms with Gasteiger partial charge >= 0.3 is 0 Å². The molecule has 0 aliphatic heterocycles. The number of imidazole rings is 2. The summed E-state index contributed by atoms with van der Waals surface area (Å²) in [5.41, 5.74) is 2.01. The van der Waals surface area contributed by atoms with Crippen molar-refractivity contribution in [3.05, 3.63) is 60.9 Å². The fraction of sp³-hybridized carbons (Fsp3) is 0.133. The van der Waals surface area contributed by atoms with Crippen molar-refractivity contribution in [2.24, 2.45) is 0 Å². The van der Waals surface area contributed by atoms with Gasteiger partial charge in [0.1, 0.15) is 5.82 Å². The molecule has 5 heteroatoms. The van der Waals surface area contributed by atoms with Gasteiger partial charge in [-0.2, -0.15) is 5.26 Å². The third-order valence-electron chi connectivity index (χ3n) is 2.58. The lowest BCUT2D eigenvalue weighted by atomic mass is 10.2. The minimum absolute atomic E-state index is 0.513. The zero-order valence-electron chi connectivity index (χ0n) is 11.0. The molecule has 5 nitrogen and oxygen atoms in total. The zero-order valence-corrected chi connectivity index (χ0v) is 11.0. The van der Waals surface area contributed by atoms with E-state index < -0.39 is 0 Å². The van der Waals surface area contributed by atoms with Crippen molar-refractivity contribution in [3.63, 3.8) is 0 Å². The van der Waals surface area contributed by atoms with Gasteiger partial charge in [0.25, 0.3) is 0 Å². The summed E-state index contributed by atoms with van der Waals surface area (Å²) in [5, 5.41) is 8.46. The molecule has 0 bridgehead atoms. The molecule has 0 unspecified atom stereocenters. The number of aromatic nitrogens is 4. The van der Waals surface area contributed by atoms with Gasteiger partial charge < -0.3 is 9.97 Å². The van der Waals surface area contributed by atoms with Crippen molar-refractivity contribution in [1.29, 1.82) is 5.26 Å². The Balaban J connectivity index is 0.000000247. The fourth-order valence-electron chi connectivity index (χ4n) is 1.63. The summed E-state index contributed by atoms with van der Waals surface area (Å²) >= 11 is 0. The third kappa shape index (κ3) is 4.10. The van der Waals surface area contributed by atoms with Crippen molar-refractivity contribution in [1.82, 2.24) is 19.9 Å². The highest BCUT2D eigenvalue weighted by Gasteiger charge is 2.02. The molecule has 20 heavy (non-hydrogen) atoms. The van der Waals surface area contributed by atoms with E-state index in [0.717, 1.165) is 17.1 Å². The average Bonchev–Trinajstić information content (AvgIpc) is 3.20. The third-order valence-corrected chi connectivity index (χ3v) is 2.58. The van der Waals surface area contributed by atoms with Gasteiger partial charge in [0, 0.05) is 37.0 Å². The number of nitrogens with one attached hydrogen (secondary N) is 2. The van der Waals surface area contributed by atoms with Crippen molar-refractivity contribution < 1.29 is 0 Å². The van der Waals surface area contributed by atoms with E-state index in [9.17, 15) is 0 Å². The summed E-state index contributed by atoms with van der Waals surface area (Å²) in [6.45, 7) is 0. The number of H-pyrrole nitrogens is 2. The van der Waals surface area contributed by atoms with Crippen LogP contribution in [0.5, 0.6) is 0 Å². The molecule has 0 atom stereocenters. The first kappa shape index (κ1) is 13.6. The highest BCUT2D eigenvalue weighted by molar-refractivity contribution is 5.54. The van der Waals surface area contributed by atoms with E-state index in [1.807, 2.05) is 36.5 Å². The molecule has 3 rings (SSSR count). The molecule has 1 aromatic carbocycles. The summed E-state index contributed by atoms with van der Waals surface area (Å²) in [5.74, 6) is 0.864. The molecule has 2 heterocycles. The van der Waals surface area contributed by atoms with Crippen LogP contribution < -0.4 is 0 Å². The van der Waals surface area contributed by atoms with Gasteiger partial charge in [-0.3, -0.25) is 0 Å². The molecule has 2 N–H and O–H groups in total. The van der Waals surface area contributed by atoms with Gasteiger partial charge in [0.15, 0.2) is 0 Å². The number of benzene rings is 1. The molecule has 0 saturated heterocycles. The summed E-state index contributed by atoms with van der Waals surface area (Å²) < 4.78 is 0. The van der Waals surface area contributed by atoms with Gasteiger partial charge in [-0.1, -0.05) is 30.3 Å². The smallest absolute Gasteiger partial charge is 0.137 e. The van der Waals surface area contributed by atoms with E-state index in [0.29, 0.717) is 12.8 Å². The van der Waals surface area contributed by atoms with E-state index in [2.05, 4.69) is 26.0 Å². The second-order valence-electron chi connectivity index (χ2n) is 4.03. The van der Waals surface area contributed by atoms with Crippen molar-refractivity contribution >= 4 is 0 Å². The van der Waals surface area contributed by atoms with Gasteiger partial charge in [-0.05, 0) is 0 Å². The lowest BCUT2D eigenvalue weighted by Crippen LogP contribution is -1.84. The zero-order chi connectivity index (χ0) is 14.0. The molecular formula is C15H15N5. The van der Waals surface area contributed by atoms with Crippen LogP contribution in [-0.2, 0) is 6.42 Å². The van der Waals surface area contributed by atoms with Crippen molar-refractivity contribution in [3.8, 4) is 17.5 Å². The standard InChI is InChI=1S/C12H11N3.C3H4N2/c13-8-4-7-11-9-14-12(15-11)10-5-2-1-3-6-10;1-2-5-3-4-1/h1-3,5-6,9H,4,7H2,(H,14,15);1-3H,(H,4,5). The quantitative estimate of drug-likeness (QED) is 0.764. The molecular weight excluding hydrogens is 250 g/mol. The number of aryl methyl sites for hydroxylation is 1. The number of nitrogens with zero attached hydrogens (tertiary/aromatic N) is 3. The maximum Gasteiger partial charge on any atom is 0.137 e. The molecule has 0 aliphatic carbocycles. The predicted octanol–water partition coefficient (Wildman–Crippen LogP) is 2.94. The van der Waals surface area contributed by atoms with Gasteiger partial charge in [-0.15, -0.1) is 0 Å². The number of hydrogen-bond donors (Lipinski definition) is 2. The summed E-state index contributed by atoms with van der Waals surface area (Å²) in [6.07, 6.45) is 8.17. The van der Waals surface area contributed by atoms with Crippen LogP contribution in [-0.4, -0.2) is 19.9 Å². The average molecular weight is 265 g/mol. The van der Waals surface area contributed by atoms with Gasteiger partial charge in [0.05, 0.1) is 18.1 Å². The summed E-state index contributed by atoms with van der Waals surface area (Å²) in [4.78, 5) is 13.9. The van der Waals surface area contributed by atoms with Crippen molar-refractivity contribution in [2.75, 3.05) is 0 Å². The largest absolute Gasteiger partial charge is 0.351 e. The van der Waals surface area contributed by atoms with Crippen LogP contribution in [0.2, 0.25) is 0 Å². The molecule has 0 radical (unpaired) electrons. The number of hydrogen-bond acceptors (Lipinski definition) is 3. The Morgan fingerprint density at radius 2 is 2.05 bits per heavy atom. The Hall–Kier alpha value is -2.87. The first-order chi connectivity index (χ1) is 9.90. The monoisotopic (exact) mass is 265 g/mol. The predicted molar refractivity (Wildman–Crippen MR) is 76.5 cm³/mol. The molecule has 0 amide bonds. The summed E-state index contributed by atoms with van der Waals surface area (Å²) in [6, 6.07) is 12.1. The van der Waals surface area contributed by atoms with Crippen molar-refractivity contribution in [2.45, 2.75) is 12.8 Å². The minimum atomic E-state index is 0.513. The molecule has 0 aliphatic rings. The Kier molecular flexibility index (Phi) is 5.11. The number of rotatable bonds is 3. The van der Waals surface area contributed by atoms with E-state index in [1.54, 1.807) is 18.7 Å². The molecule has 2 aromatic heterocycles. The van der Waals surface area contributed by atoms with Crippen LogP contribution in [0, 0.1) is 11.3 Å². The normalized spacial score (nSPS) is 9.35. The second-order valence-corrected chi connectivity index (χ2v) is 4.03. The van der Waals surface area contributed by atoms with Crippen LogP contribution in [0.3, 0.4) is 0 Å². The highest BCUT2D eigenvalue weighted by Crippen LogP contribution is 2.15. The van der Waals surface area contributed by atoms with Crippen LogP contribution in [0.4, 0.5) is 0 Å². The van der Waals surface area contributed by atoms with E-state index in [1.165, 1.54) is 0 Å². The topological polar surface area (TPSA) is 81.1 Å². The van der Waals surface area contributed by atoms with Gasteiger partial charge in [0.2, 0.25) is 0 Å². The van der Waals surface area contributed by atoms with Crippen LogP contribution >= 0.6 is 0 Å². The second kappa shape index (κ2) is 7.54. The first-order valence-corrected chi connectivity index (χ1v) is 6.29. The van der Waals surface area contributed by atoms with Crippen LogP contribution in [0.1, 0.15) is 12.1 Å². The summed E-state index contributed by atoms with van der Waals surface area (Å²) in [7, 11) is 0. The van der Waals surface area contributed by atoms with Gasteiger partial charge in [-0.25, -0.2) is 9.97 Å². The van der Waals surface area contributed by atoms with E-state index in [4.69, 9.17) is 5.26 Å². The molecule has 0 saturated carbocycles. The Labute approximate surface area is 117 Å². The number of nitriles is 1. The molecule has 0 fully saturated rings. The number of aromatic amines is 2. The minimum Gasteiger partial charge on any atom is -0.351 e. The SMILES string of the molecule is N#CCCc1c[nH]c(-c2ccccc2)n1.c1c[nH]cn1. The molecule has 3 aromatic rings. The maximum absolute atomic E-state index is 8.46. The lowest BCUT2D eigenvalue weighted by molar-refractivity contribution is 0.968. The fourth-order valence-corrected chi connectivity index (χ4v) is 1.63. The highest BCUT2D eigenvalue weighted by atomic mass is 14.9.